The number of amides is 2. The summed E-state index contributed by atoms with van der Waals surface area (Å²) in [5.74, 6) is 0.724. The first-order valence-corrected chi connectivity index (χ1v) is 6.11. The van der Waals surface area contributed by atoms with Crippen LogP contribution < -0.4 is 5.32 Å². The Balaban J connectivity index is 2.26. The molecule has 0 bridgehead atoms. The molecule has 2 amide bonds. The van der Waals surface area contributed by atoms with Gasteiger partial charge >= 0.3 is 6.03 Å². The zero-order chi connectivity index (χ0) is 11.3. The van der Waals surface area contributed by atoms with Gasteiger partial charge in [0.05, 0.1) is 0 Å². The monoisotopic (exact) mass is 212 g/mol. The first kappa shape index (κ1) is 12.3. The van der Waals surface area contributed by atoms with Gasteiger partial charge in [-0.1, -0.05) is 19.3 Å². The Hall–Kier alpha value is -0.730. The van der Waals surface area contributed by atoms with Gasteiger partial charge in [-0.05, 0) is 32.6 Å². The summed E-state index contributed by atoms with van der Waals surface area (Å²) >= 11 is 0. The fourth-order valence-electron chi connectivity index (χ4n) is 2.20. The Morgan fingerprint density at radius 2 is 1.93 bits per heavy atom. The summed E-state index contributed by atoms with van der Waals surface area (Å²) in [6.45, 7) is 4.90. The SMILES string of the molecule is CC(C)NC(=O)N(C)CC1CCCCC1. The molecule has 0 aromatic rings. The number of nitrogens with zero attached hydrogens (tertiary/aromatic N) is 1. The number of hydrogen-bond donors (Lipinski definition) is 1. The minimum atomic E-state index is 0.0653. The van der Waals surface area contributed by atoms with E-state index >= 15 is 0 Å². The minimum absolute atomic E-state index is 0.0653. The van der Waals surface area contributed by atoms with E-state index in [-0.39, 0.29) is 12.1 Å². The number of carbonyl (C=O) groups is 1. The van der Waals surface area contributed by atoms with Crippen molar-refractivity contribution in [2.75, 3.05) is 13.6 Å². The van der Waals surface area contributed by atoms with Crippen LogP contribution in [0.2, 0.25) is 0 Å². The molecule has 88 valence electrons. The van der Waals surface area contributed by atoms with Crippen LogP contribution in [-0.2, 0) is 0 Å². The summed E-state index contributed by atoms with van der Waals surface area (Å²) in [4.78, 5) is 13.5. The number of carbonyl (C=O) groups excluding carboxylic acids is 1. The van der Waals surface area contributed by atoms with E-state index in [0.717, 1.165) is 12.5 Å². The maximum atomic E-state index is 11.6. The molecular formula is C12H24N2O. The zero-order valence-electron chi connectivity index (χ0n) is 10.3. The Labute approximate surface area is 93.2 Å². The second kappa shape index (κ2) is 5.99. The first-order valence-electron chi connectivity index (χ1n) is 6.11. The van der Waals surface area contributed by atoms with Crippen molar-refractivity contribution in [3.05, 3.63) is 0 Å². The fraction of sp³-hybridized carbons (Fsp3) is 0.917. The molecule has 1 rings (SSSR count). The molecule has 3 nitrogen and oxygen atoms in total. The van der Waals surface area contributed by atoms with Crippen LogP contribution in [0.25, 0.3) is 0 Å². The average Bonchev–Trinajstić information content (AvgIpc) is 2.18. The molecular weight excluding hydrogens is 188 g/mol. The normalized spacial score (nSPS) is 17.9. The Bertz CT molecular complexity index is 198. The molecule has 0 heterocycles. The summed E-state index contributed by atoms with van der Waals surface area (Å²) in [6, 6.07) is 0.293. The van der Waals surface area contributed by atoms with Gasteiger partial charge in [0, 0.05) is 19.6 Å². The number of rotatable bonds is 3. The summed E-state index contributed by atoms with van der Waals surface area (Å²) < 4.78 is 0. The molecule has 0 atom stereocenters. The molecule has 1 aliphatic rings. The van der Waals surface area contributed by atoms with Gasteiger partial charge in [0.15, 0.2) is 0 Å². The highest BCUT2D eigenvalue weighted by atomic mass is 16.2. The zero-order valence-corrected chi connectivity index (χ0v) is 10.3. The van der Waals surface area contributed by atoms with E-state index in [1.807, 2.05) is 25.8 Å². The molecule has 0 aromatic carbocycles. The van der Waals surface area contributed by atoms with Gasteiger partial charge in [-0.15, -0.1) is 0 Å². The van der Waals surface area contributed by atoms with E-state index in [0.29, 0.717) is 0 Å². The minimum Gasteiger partial charge on any atom is -0.336 e. The molecule has 1 aliphatic carbocycles. The van der Waals surface area contributed by atoms with Gasteiger partial charge in [0.1, 0.15) is 0 Å². The Kier molecular flexibility index (Phi) is 4.92. The maximum Gasteiger partial charge on any atom is 0.317 e. The molecule has 3 heteroatoms. The van der Waals surface area contributed by atoms with E-state index in [9.17, 15) is 4.79 Å². The predicted molar refractivity (Wildman–Crippen MR) is 62.9 cm³/mol. The summed E-state index contributed by atoms with van der Waals surface area (Å²) in [5.41, 5.74) is 0. The van der Waals surface area contributed by atoms with Crippen molar-refractivity contribution in [1.82, 2.24) is 10.2 Å². The lowest BCUT2D eigenvalue weighted by Crippen LogP contribution is -2.42. The van der Waals surface area contributed by atoms with Crippen molar-refractivity contribution in [3.63, 3.8) is 0 Å². The van der Waals surface area contributed by atoms with E-state index in [1.165, 1.54) is 32.1 Å². The van der Waals surface area contributed by atoms with Gasteiger partial charge in [-0.25, -0.2) is 4.79 Å². The molecule has 1 fully saturated rings. The van der Waals surface area contributed by atoms with E-state index < -0.39 is 0 Å². The van der Waals surface area contributed by atoms with Crippen LogP contribution in [0.5, 0.6) is 0 Å². The third-order valence-corrected chi connectivity index (χ3v) is 3.02. The second-order valence-corrected chi connectivity index (χ2v) is 4.99. The highest BCUT2D eigenvalue weighted by Gasteiger charge is 2.18. The average molecular weight is 212 g/mol. The predicted octanol–water partition coefficient (Wildman–Crippen LogP) is 2.62. The van der Waals surface area contributed by atoms with Crippen LogP contribution in [-0.4, -0.2) is 30.6 Å². The van der Waals surface area contributed by atoms with Gasteiger partial charge in [0.2, 0.25) is 0 Å². The lowest BCUT2D eigenvalue weighted by Gasteiger charge is -2.27. The summed E-state index contributed by atoms with van der Waals surface area (Å²) in [5, 5.41) is 2.92. The van der Waals surface area contributed by atoms with Crippen molar-refractivity contribution in [3.8, 4) is 0 Å². The summed E-state index contributed by atoms with van der Waals surface area (Å²) in [6.07, 6.45) is 6.63. The van der Waals surface area contributed by atoms with Crippen molar-refractivity contribution in [2.45, 2.75) is 52.0 Å². The van der Waals surface area contributed by atoms with Crippen LogP contribution >= 0.6 is 0 Å². The van der Waals surface area contributed by atoms with Gasteiger partial charge in [0.25, 0.3) is 0 Å². The molecule has 0 radical (unpaired) electrons. The molecule has 0 aromatic heterocycles. The molecule has 1 saturated carbocycles. The largest absolute Gasteiger partial charge is 0.336 e. The lowest BCUT2D eigenvalue weighted by molar-refractivity contribution is 0.190. The van der Waals surface area contributed by atoms with E-state index in [2.05, 4.69) is 5.32 Å². The lowest BCUT2D eigenvalue weighted by atomic mass is 9.89. The Morgan fingerprint density at radius 3 is 2.47 bits per heavy atom. The Morgan fingerprint density at radius 1 is 1.33 bits per heavy atom. The van der Waals surface area contributed by atoms with Crippen molar-refractivity contribution in [1.29, 1.82) is 0 Å². The van der Waals surface area contributed by atoms with Crippen molar-refractivity contribution in [2.24, 2.45) is 5.92 Å². The third kappa shape index (κ3) is 4.54. The van der Waals surface area contributed by atoms with Crippen molar-refractivity contribution < 1.29 is 4.79 Å². The topological polar surface area (TPSA) is 32.3 Å². The third-order valence-electron chi connectivity index (χ3n) is 3.02. The van der Waals surface area contributed by atoms with E-state index in [4.69, 9.17) is 0 Å². The molecule has 1 N–H and O–H groups in total. The molecule has 0 unspecified atom stereocenters. The maximum absolute atomic E-state index is 11.6. The first-order chi connectivity index (χ1) is 7.09. The second-order valence-electron chi connectivity index (χ2n) is 4.99. The molecule has 0 aliphatic heterocycles. The van der Waals surface area contributed by atoms with Crippen molar-refractivity contribution >= 4 is 6.03 Å². The van der Waals surface area contributed by atoms with E-state index in [1.54, 1.807) is 0 Å². The number of hydrogen-bond acceptors (Lipinski definition) is 1. The van der Waals surface area contributed by atoms with Gasteiger partial charge in [-0.2, -0.15) is 0 Å². The fourth-order valence-corrected chi connectivity index (χ4v) is 2.20. The van der Waals surface area contributed by atoms with Crippen LogP contribution in [0.15, 0.2) is 0 Å². The number of nitrogens with one attached hydrogen (secondary N) is 1. The van der Waals surface area contributed by atoms with Gasteiger partial charge in [-0.3, -0.25) is 0 Å². The standard InChI is InChI=1S/C12H24N2O/c1-10(2)13-12(15)14(3)9-11-7-5-4-6-8-11/h10-11H,4-9H2,1-3H3,(H,13,15). The van der Waals surface area contributed by atoms with Crippen LogP contribution in [0.4, 0.5) is 4.79 Å². The van der Waals surface area contributed by atoms with Crippen LogP contribution in [0.3, 0.4) is 0 Å². The number of urea groups is 1. The van der Waals surface area contributed by atoms with Crippen LogP contribution in [0, 0.1) is 5.92 Å². The summed E-state index contributed by atoms with van der Waals surface area (Å²) in [7, 11) is 1.90. The molecule has 0 saturated heterocycles. The highest BCUT2D eigenvalue weighted by molar-refractivity contribution is 5.74. The van der Waals surface area contributed by atoms with Crippen LogP contribution in [0.1, 0.15) is 46.0 Å². The molecule has 15 heavy (non-hydrogen) atoms. The highest BCUT2D eigenvalue weighted by Crippen LogP contribution is 2.23. The smallest absolute Gasteiger partial charge is 0.317 e. The van der Waals surface area contributed by atoms with Gasteiger partial charge < -0.3 is 10.2 Å². The quantitative estimate of drug-likeness (QED) is 0.766. The molecule has 0 spiro atoms.